The van der Waals surface area contributed by atoms with E-state index in [1.54, 1.807) is 31.2 Å². The highest BCUT2D eigenvalue weighted by Crippen LogP contribution is 2.28. The van der Waals surface area contributed by atoms with Crippen molar-refractivity contribution < 1.29 is 13.2 Å². The molecule has 0 radical (unpaired) electrons. The van der Waals surface area contributed by atoms with Crippen LogP contribution in [0.2, 0.25) is 5.02 Å². The SMILES string of the molecule is Cc1sc(C(=O)Nc2ccc(Cl)cc2)cc1S(=O)(=O)N(C)C. The largest absolute Gasteiger partial charge is 0.321 e. The topological polar surface area (TPSA) is 66.5 Å². The van der Waals surface area contributed by atoms with E-state index in [9.17, 15) is 13.2 Å². The molecule has 0 aliphatic rings. The minimum Gasteiger partial charge on any atom is -0.321 e. The van der Waals surface area contributed by atoms with Crippen LogP contribution in [-0.4, -0.2) is 32.7 Å². The number of halogens is 1. The second-order valence-electron chi connectivity index (χ2n) is 4.78. The van der Waals surface area contributed by atoms with E-state index in [2.05, 4.69) is 5.32 Å². The van der Waals surface area contributed by atoms with Crippen molar-refractivity contribution in [3.63, 3.8) is 0 Å². The zero-order valence-corrected chi connectivity index (χ0v) is 14.6. The van der Waals surface area contributed by atoms with Gasteiger partial charge in [0.05, 0.1) is 9.77 Å². The second-order valence-corrected chi connectivity index (χ2v) is 8.59. The predicted octanol–water partition coefficient (Wildman–Crippen LogP) is 3.21. The first kappa shape index (κ1) is 17.0. The van der Waals surface area contributed by atoms with Gasteiger partial charge in [-0.05, 0) is 37.3 Å². The molecule has 0 fully saturated rings. The number of carbonyl (C=O) groups is 1. The molecule has 118 valence electrons. The Morgan fingerprint density at radius 2 is 1.82 bits per heavy atom. The van der Waals surface area contributed by atoms with E-state index in [4.69, 9.17) is 11.6 Å². The molecule has 1 amide bonds. The van der Waals surface area contributed by atoms with Crippen molar-refractivity contribution in [1.29, 1.82) is 0 Å². The van der Waals surface area contributed by atoms with Gasteiger partial charge in [-0.3, -0.25) is 4.79 Å². The number of hydrogen-bond acceptors (Lipinski definition) is 4. The molecular formula is C14H15ClN2O3S2. The Labute approximate surface area is 138 Å². The maximum atomic E-state index is 12.2. The summed E-state index contributed by atoms with van der Waals surface area (Å²) in [6, 6.07) is 8.09. The Morgan fingerprint density at radius 3 is 2.36 bits per heavy atom. The van der Waals surface area contributed by atoms with E-state index in [-0.39, 0.29) is 10.8 Å². The minimum atomic E-state index is -3.55. The number of anilines is 1. The molecule has 1 aromatic heterocycles. The standard InChI is InChI=1S/C14H15ClN2O3S2/c1-9-13(22(19,20)17(2)3)8-12(21-9)14(18)16-11-6-4-10(15)5-7-11/h4-8H,1-3H3,(H,16,18). The number of rotatable bonds is 4. The van der Waals surface area contributed by atoms with Gasteiger partial charge in [-0.15, -0.1) is 11.3 Å². The number of hydrogen-bond donors (Lipinski definition) is 1. The molecule has 0 saturated carbocycles. The number of amides is 1. The third-order valence-corrected chi connectivity index (χ3v) is 6.33. The first-order valence-corrected chi connectivity index (χ1v) is 8.95. The normalized spacial score (nSPS) is 11.7. The van der Waals surface area contributed by atoms with Crippen LogP contribution in [0.15, 0.2) is 35.2 Å². The van der Waals surface area contributed by atoms with Crippen LogP contribution in [0.25, 0.3) is 0 Å². The average molecular weight is 359 g/mol. The maximum Gasteiger partial charge on any atom is 0.265 e. The minimum absolute atomic E-state index is 0.156. The lowest BCUT2D eigenvalue weighted by atomic mass is 10.3. The number of thiophene rings is 1. The number of benzene rings is 1. The summed E-state index contributed by atoms with van der Waals surface area (Å²) >= 11 is 6.93. The third-order valence-electron chi connectivity index (χ3n) is 2.96. The summed E-state index contributed by atoms with van der Waals surface area (Å²) in [7, 11) is -0.636. The van der Waals surface area contributed by atoms with Gasteiger partial charge in [-0.1, -0.05) is 11.6 Å². The van der Waals surface area contributed by atoms with E-state index in [0.717, 1.165) is 15.6 Å². The van der Waals surface area contributed by atoms with Crippen molar-refractivity contribution in [2.24, 2.45) is 0 Å². The highest BCUT2D eigenvalue weighted by molar-refractivity contribution is 7.89. The number of nitrogens with zero attached hydrogens (tertiary/aromatic N) is 1. The van der Waals surface area contributed by atoms with E-state index in [1.165, 1.54) is 20.2 Å². The molecule has 0 bridgehead atoms. The van der Waals surface area contributed by atoms with Crippen LogP contribution in [0.1, 0.15) is 14.5 Å². The molecule has 0 unspecified atom stereocenters. The van der Waals surface area contributed by atoms with E-state index in [1.807, 2.05) is 0 Å². The summed E-state index contributed by atoms with van der Waals surface area (Å²) in [6.07, 6.45) is 0. The molecule has 5 nitrogen and oxygen atoms in total. The molecule has 0 aliphatic carbocycles. The monoisotopic (exact) mass is 358 g/mol. The Kier molecular flexibility index (Phi) is 4.91. The Morgan fingerprint density at radius 1 is 1.23 bits per heavy atom. The van der Waals surface area contributed by atoms with Crippen molar-refractivity contribution in [3.05, 3.63) is 45.1 Å². The molecule has 2 aromatic rings. The van der Waals surface area contributed by atoms with E-state index < -0.39 is 10.0 Å². The van der Waals surface area contributed by atoms with Crippen LogP contribution in [0.5, 0.6) is 0 Å². The van der Waals surface area contributed by atoms with Gasteiger partial charge in [-0.25, -0.2) is 12.7 Å². The molecule has 0 aliphatic heterocycles. The zero-order chi connectivity index (χ0) is 16.5. The van der Waals surface area contributed by atoms with Crippen LogP contribution in [-0.2, 0) is 10.0 Å². The van der Waals surface area contributed by atoms with Crippen molar-refractivity contribution in [2.45, 2.75) is 11.8 Å². The fourth-order valence-electron chi connectivity index (χ4n) is 1.76. The highest BCUT2D eigenvalue weighted by atomic mass is 35.5. The summed E-state index contributed by atoms with van der Waals surface area (Å²) in [5.74, 6) is -0.351. The van der Waals surface area contributed by atoms with Crippen molar-refractivity contribution >= 4 is 44.6 Å². The lowest BCUT2D eigenvalue weighted by molar-refractivity contribution is 0.103. The summed E-state index contributed by atoms with van der Waals surface area (Å²) in [5, 5.41) is 3.28. The Balaban J connectivity index is 2.27. The van der Waals surface area contributed by atoms with E-state index in [0.29, 0.717) is 20.5 Å². The van der Waals surface area contributed by atoms with Crippen molar-refractivity contribution in [3.8, 4) is 0 Å². The number of nitrogens with one attached hydrogen (secondary N) is 1. The van der Waals surface area contributed by atoms with Gasteiger partial charge < -0.3 is 5.32 Å². The predicted molar refractivity (Wildman–Crippen MR) is 89.3 cm³/mol. The van der Waals surface area contributed by atoms with Gasteiger partial charge in [0.25, 0.3) is 5.91 Å². The maximum absolute atomic E-state index is 12.2. The lowest BCUT2D eigenvalue weighted by Gasteiger charge is -2.10. The molecule has 1 aromatic carbocycles. The van der Waals surface area contributed by atoms with E-state index >= 15 is 0 Å². The first-order valence-electron chi connectivity index (χ1n) is 6.31. The first-order chi connectivity index (χ1) is 10.2. The van der Waals surface area contributed by atoms with Crippen LogP contribution in [0.3, 0.4) is 0 Å². The summed E-state index contributed by atoms with van der Waals surface area (Å²) in [6.45, 7) is 1.68. The van der Waals surface area contributed by atoms with Crippen molar-refractivity contribution in [1.82, 2.24) is 4.31 Å². The van der Waals surface area contributed by atoms with Gasteiger partial charge in [-0.2, -0.15) is 0 Å². The summed E-state index contributed by atoms with van der Waals surface area (Å²) in [5.41, 5.74) is 0.595. The molecule has 22 heavy (non-hydrogen) atoms. The quantitative estimate of drug-likeness (QED) is 0.912. The smallest absolute Gasteiger partial charge is 0.265 e. The number of aryl methyl sites for hydroxylation is 1. The number of carbonyl (C=O) groups excluding carboxylic acids is 1. The van der Waals surface area contributed by atoms with Crippen molar-refractivity contribution in [2.75, 3.05) is 19.4 Å². The van der Waals surface area contributed by atoms with Crippen LogP contribution in [0.4, 0.5) is 5.69 Å². The van der Waals surface area contributed by atoms with Gasteiger partial charge >= 0.3 is 0 Å². The fraction of sp³-hybridized carbons (Fsp3) is 0.214. The lowest BCUT2D eigenvalue weighted by Crippen LogP contribution is -2.22. The Hall–Kier alpha value is -1.41. The molecule has 0 spiro atoms. The summed E-state index contributed by atoms with van der Waals surface area (Å²) < 4.78 is 25.5. The zero-order valence-electron chi connectivity index (χ0n) is 12.3. The molecular weight excluding hydrogens is 344 g/mol. The average Bonchev–Trinajstić information content (AvgIpc) is 2.84. The van der Waals surface area contributed by atoms with Crippen LogP contribution >= 0.6 is 22.9 Å². The van der Waals surface area contributed by atoms with Gasteiger partial charge in [0, 0.05) is 29.7 Å². The van der Waals surface area contributed by atoms with Gasteiger partial charge in [0.15, 0.2) is 0 Å². The highest BCUT2D eigenvalue weighted by Gasteiger charge is 2.24. The van der Waals surface area contributed by atoms with Gasteiger partial charge in [0.2, 0.25) is 10.0 Å². The molecule has 0 saturated heterocycles. The molecule has 1 heterocycles. The fourth-order valence-corrected chi connectivity index (χ4v) is 4.23. The van der Waals surface area contributed by atoms with Crippen LogP contribution < -0.4 is 5.32 Å². The molecule has 8 heteroatoms. The number of sulfonamides is 1. The van der Waals surface area contributed by atoms with Gasteiger partial charge in [0.1, 0.15) is 0 Å². The van der Waals surface area contributed by atoms with Crippen LogP contribution in [0, 0.1) is 6.92 Å². The summed E-state index contributed by atoms with van der Waals surface area (Å²) in [4.78, 5) is 13.3. The molecule has 2 rings (SSSR count). The third kappa shape index (κ3) is 3.49. The molecule has 1 N–H and O–H groups in total. The second kappa shape index (κ2) is 6.37. The Bertz CT molecular complexity index is 796. The molecule has 0 atom stereocenters.